The topological polar surface area (TPSA) is 46.5 Å². The molecule has 4 heteroatoms. The lowest BCUT2D eigenvalue weighted by atomic mass is 10.2. The second kappa shape index (κ2) is 5.30. The predicted molar refractivity (Wildman–Crippen MR) is 56.2 cm³/mol. The number of hydrogen-bond acceptors (Lipinski definition) is 2. The van der Waals surface area contributed by atoms with Crippen LogP contribution in [0.2, 0.25) is 0 Å². The molecule has 3 nitrogen and oxygen atoms in total. The van der Waals surface area contributed by atoms with E-state index in [0.717, 1.165) is 5.56 Å². The summed E-state index contributed by atoms with van der Waals surface area (Å²) in [6.07, 6.45) is 0.877. The van der Waals surface area contributed by atoms with Crippen LogP contribution < -0.4 is 0 Å². The minimum absolute atomic E-state index is 0.203. The van der Waals surface area contributed by atoms with E-state index in [-0.39, 0.29) is 12.8 Å². The lowest BCUT2D eigenvalue weighted by Crippen LogP contribution is -1.94. The zero-order valence-corrected chi connectivity index (χ0v) is 9.11. The van der Waals surface area contributed by atoms with E-state index in [1.54, 1.807) is 0 Å². The first-order valence-corrected chi connectivity index (χ1v) is 6.40. The Bertz CT molecular complexity index is 310. The van der Waals surface area contributed by atoms with Gasteiger partial charge in [0.1, 0.15) is 0 Å². The summed E-state index contributed by atoms with van der Waals surface area (Å²) in [6.45, 7) is 2.06. The normalized spacial score (nSPS) is 15.0. The van der Waals surface area contributed by atoms with Crippen molar-refractivity contribution in [2.75, 3.05) is 6.16 Å². The zero-order valence-electron chi connectivity index (χ0n) is 8.22. The summed E-state index contributed by atoms with van der Waals surface area (Å²) in [6, 6.07) is 9.38. The average molecular weight is 214 g/mol. The Balaban J connectivity index is 2.45. The molecule has 0 spiro atoms. The summed E-state index contributed by atoms with van der Waals surface area (Å²) >= 11 is 0. The summed E-state index contributed by atoms with van der Waals surface area (Å²) < 4.78 is 16.3. The van der Waals surface area contributed by atoms with Gasteiger partial charge in [-0.05, 0) is 12.0 Å². The van der Waals surface area contributed by atoms with Gasteiger partial charge >= 0.3 is 7.60 Å². The SMILES string of the molecule is CCCP(=O)(O)OCc1ccccc1. The van der Waals surface area contributed by atoms with Gasteiger partial charge in [0.2, 0.25) is 0 Å². The molecule has 1 unspecified atom stereocenters. The van der Waals surface area contributed by atoms with E-state index in [9.17, 15) is 9.46 Å². The summed E-state index contributed by atoms with van der Waals surface area (Å²) in [5.74, 6) is 0. The van der Waals surface area contributed by atoms with Crippen LogP contribution in [0.1, 0.15) is 18.9 Å². The minimum atomic E-state index is -3.36. The molecule has 0 aromatic heterocycles. The largest absolute Gasteiger partial charge is 0.328 e. The van der Waals surface area contributed by atoms with Crippen molar-refractivity contribution in [2.24, 2.45) is 0 Å². The summed E-state index contributed by atoms with van der Waals surface area (Å²) in [7, 11) is -3.36. The summed E-state index contributed by atoms with van der Waals surface area (Å²) in [4.78, 5) is 9.31. The van der Waals surface area contributed by atoms with Crippen molar-refractivity contribution in [2.45, 2.75) is 20.0 Å². The van der Waals surface area contributed by atoms with Crippen LogP contribution in [0, 0.1) is 0 Å². The third-order valence-corrected chi connectivity index (χ3v) is 3.33. The van der Waals surface area contributed by atoms with Crippen LogP contribution in [0.25, 0.3) is 0 Å². The third-order valence-electron chi connectivity index (χ3n) is 1.78. The Morgan fingerprint density at radius 3 is 2.57 bits per heavy atom. The average Bonchev–Trinajstić information content (AvgIpc) is 2.17. The molecule has 1 rings (SSSR count). The molecule has 0 heterocycles. The maximum atomic E-state index is 11.3. The van der Waals surface area contributed by atoms with Crippen molar-refractivity contribution in [1.29, 1.82) is 0 Å². The molecule has 78 valence electrons. The van der Waals surface area contributed by atoms with E-state index in [0.29, 0.717) is 6.42 Å². The number of rotatable bonds is 5. The third kappa shape index (κ3) is 4.05. The van der Waals surface area contributed by atoms with E-state index >= 15 is 0 Å². The van der Waals surface area contributed by atoms with Gasteiger partial charge in [0.25, 0.3) is 0 Å². The highest BCUT2D eigenvalue weighted by Gasteiger charge is 2.17. The molecule has 1 aromatic rings. The highest BCUT2D eigenvalue weighted by molar-refractivity contribution is 7.52. The Morgan fingerprint density at radius 1 is 1.36 bits per heavy atom. The molecular formula is C10H15O3P. The predicted octanol–water partition coefficient (Wildman–Crippen LogP) is 2.80. The molecule has 0 aliphatic rings. The maximum Gasteiger partial charge on any atom is 0.328 e. The first-order valence-electron chi connectivity index (χ1n) is 4.64. The van der Waals surface area contributed by atoms with Crippen LogP contribution >= 0.6 is 7.60 Å². The summed E-state index contributed by atoms with van der Waals surface area (Å²) in [5.41, 5.74) is 0.915. The molecule has 0 saturated carbocycles. The Labute approximate surface area is 84.3 Å². The molecule has 0 fully saturated rings. The molecule has 0 amide bonds. The van der Waals surface area contributed by atoms with Gasteiger partial charge in [0.15, 0.2) is 0 Å². The molecule has 14 heavy (non-hydrogen) atoms. The van der Waals surface area contributed by atoms with Gasteiger partial charge in [-0.1, -0.05) is 37.3 Å². The molecular weight excluding hydrogens is 199 g/mol. The van der Waals surface area contributed by atoms with Crippen molar-refractivity contribution in [3.8, 4) is 0 Å². The lowest BCUT2D eigenvalue weighted by molar-refractivity contribution is 0.250. The van der Waals surface area contributed by atoms with E-state index in [4.69, 9.17) is 4.52 Å². The maximum absolute atomic E-state index is 11.3. The second-order valence-corrected chi connectivity index (χ2v) is 5.10. The van der Waals surface area contributed by atoms with Crippen LogP contribution in [0.15, 0.2) is 30.3 Å². The first-order chi connectivity index (χ1) is 6.64. The zero-order chi connectivity index (χ0) is 10.4. The van der Waals surface area contributed by atoms with Gasteiger partial charge in [-0.3, -0.25) is 4.57 Å². The fourth-order valence-electron chi connectivity index (χ4n) is 1.10. The van der Waals surface area contributed by atoms with Gasteiger partial charge in [-0.2, -0.15) is 0 Å². The van der Waals surface area contributed by atoms with Gasteiger partial charge in [-0.25, -0.2) is 0 Å². The van der Waals surface area contributed by atoms with Crippen molar-refractivity contribution < 1.29 is 14.0 Å². The Kier molecular flexibility index (Phi) is 4.33. The molecule has 1 atom stereocenters. The van der Waals surface area contributed by atoms with E-state index < -0.39 is 7.60 Å². The monoisotopic (exact) mass is 214 g/mol. The van der Waals surface area contributed by atoms with Crippen molar-refractivity contribution in [1.82, 2.24) is 0 Å². The van der Waals surface area contributed by atoms with Crippen LogP contribution in [0.4, 0.5) is 0 Å². The second-order valence-electron chi connectivity index (χ2n) is 3.12. The van der Waals surface area contributed by atoms with Gasteiger partial charge < -0.3 is 9.42 Å². The van der Waals surface area contributed by atoms with E-state index in [1.807, 2.05) is 37.3 Å². The fourth-order valence-corrected chi connectivity index (χ4v) is 2.14. The van der Waals surface area contributed by atoms with Crippen molar-refractivity contribution >= 4 is 7.60 Å². The van der Waals surface area contributed by atoms with Crippen LogP contribution in [-0.4, -0.2) is 11.1 Å². The molecule has 0 radical (unpaired) electrons. The van der Waals surface area contributed by atoms with Crippen molar-refractivity contribution in [3.05, 3.63) is 35.9 Å². The number of benzene rings is 1. The van der Waals surface area contributed by atoms with Crippen LogP contribution in [0.5, 0.6) is 0 Å². The molecule has 1 aromatic carbocycles. The Hall–Kier alpha value is -0.630. The van der Waals surface area contributed by atoms with Crippen LogP contribution in [-0.2, 0) is 15.7 Å². The summed E-state index contributed by atoms with van der Waals surface area (Å²) in [5, 5.41) is 0. The fraction of sp³-hybridized carbons (Fsp3) is 0.400. The molecule has 0 bridgehead atoms. The molecule has 0 aliphatic heterocycles. The van der Waals surface area contributed by atoms with Gasteiger partial charge in [-0.15, -0.1) is 0 Å². The number of hydrogen-bond donors (Lipinski definition) is 1. The Morgan fingerprint density at radius 2 is 2.00 bits per heavy atom. The molecule has 0 aliphatic carbocycles. The van der Waals surface area contributed by atoms with Crippen molar-refractivity contribution in [3.63, 3.8) is 0 Å². The smallest absolute Gasteiger partial charge is 0.324 e. The van der Waals surface area contributed by atoms with Gasteiger partial charge in [0, 0.05) is 6.16 Å². The minimum Gasteiger partial charge on any atom is -0.324 e. The van der Waals surface area contributed by atoms with Gasteiger partial charge in [0.05, 0.1) is 6.61 Å². The van der Waals surface area contributed by atoms with E-state index in [1.165, 1.54) is 0 Å². The first kappa shape index (κ1) is 11.4. The highest BCUT2D eigenvalue weighted by Crippen LogP contribution is 2.43. The molecule has 1 N–H and O–H groups in total. The highest BCUT2D eigenvalue weighted by atomic mass is 31.2. The lowest BCUT2D eigenvalue weighted by Gasteiger charge is -2.10. The standard InChI is InChI=1S/C10H15O3P/c1-2-8-14(11,12)13-9-10-6-4-3-5-7-10/h3-7H,2,8-9H2,1H3,(H,11,12). The van der Waals surface area contributed by atoms with Crippen LogP contribution in [0.3, 0.4) is 0 Å². The van der Waals surface area contributed by atoms with E-state index in [2.05, 4.69) is 0 Å². The quantitative estimate of drug-likeness (QED) is 0.766. The molecule has 0 saturated heterocycles.